The van der Waals surface area contributed by atoms with Crippen molar-refractivity contribution in [2.75, 3.05) is 24.6 Å². The first-order valence-corrected chi connectivity index (χ1v) is 9.05. The highest BCUT2D eigenvalue weighted by atomic mass is 19.3. The van der Waals surface area contributed by atoms with Crippen molar-refractivity contribution < 1.29 is 13.5 Å². The quantitative estimate of drug-likeness (QED) is 0.445. The lowest BCUT2D eigenvalue weighted by molar-refractivity contribution is 0.151. The molecule has 3 rings (SSSR count). The number of nitrogens with zero attached hydrogens (tertiary/aromatic N) is 5. The molecule has 28 heavy (non-hydrogen) atoms. The van der Waals surface area contributed by atoms with Gasteiger partial charge in [-0.1, -0.05) is 12.1 Å². The summed E-state index contributed by atoms with van der Waals surface area (Å²) in [6.07, 6.45) is 4.00. The largest absolute Gasteiger partial charge is 0.457 e. The number of aliphatic imine (C=N–C) groups is 1. The molecule has 1 aromatic carbocycles. The average molecular weight is 388 g/mol. The molecule has 0 unspecified atom stereocenters. The fourth-order valence-electron chi connectivity index (χ4n) is 2.84. The van der Waals surface area contributed by atoms with Crippen molar-refractivity contribution in [3.05, 3.63) is 42.1 Å². The topological polar surface area (TPSA) is 89.0 Å². The maximum atomic E-state index is 12.8. The fraction of sp³-hybridized carbons (Fsp3) is 0.368. The van der Waals surface area contributed by atoms with Crippen LogP contribution in [-0.4, -0.2) is 41.6 Å². The molecule has 0 bridgehead atoms. The maximum Gasteiger partial charge on any atom is 0.318 e. The van der Waals surface area contributed by atoms with Crippen molar-refractivity contribution in [2.45, 2.75) is 25.7 Å². The molecule has 2 heterocycles. The van der Waals surface area contributed by atoms with E-state index in [9.17, 15) is 8.78 Å². The van der Waals surface area contributed by atoms with E-state index in [-0.39, 0.29) is 18.2 Å². The molecule has 2 N–H and O–H groups in total. The zero-order valence-electron chi connectivity index (χ0n) is 15.3. The number of anilines is 1. The monoisotopic (exact) mass is 388 g/mol. The van der Waals surface area contributed by atoms with Crippen molar-refractivity contribution >= 4 is 23.4 Å². The summed E-state index contributed by atoms with van der Waals surface area (Å²) in [6, 6.07) is 7.86. The van der Waals surface area contributed by atoms with Crippen LogP contribution in [0.15, 0.2) is 46.6 Å². The Morgan fingerprint density at radius 1 is 1.25 bits per heavy atom. The van der Waals surface area contributed by atoms with Gasteiger partial charge < -0.3 is 15.5 Å². The molecular weight excluding hydrogens is 366 g/mol. The van der Waals surface area contributed by atoms with Crippen LogP contribution < -0.4 is 15.5 Å². The van der Waals surface area contributed by atoms with Crippen molar-refractivity contribution in [1.82, 2.24) is 9.97 Å². The second-order valence-electron chi connectivity index (χ2n) is 6.31. The van der Waals surface area contributed by atoms with Gasteiger partial charge >= 0.3 is 6.01 Å². The first-order chi connectivity index (χ1) is 13.7. The number of piperidine rings is 1. The third-order valence-electron chi connectivity index (χ3n) is 4.30. The van der Waals surface area contributed by atoms with Crippen LogP contribution in [0.3, 0.4) is 0 Å². The number of hydrogen-bond acceptors (Lipinski definition) is 7. The van der Waals surface area contributed by atoms with Gasteiger partial charge in [-0.2, -0.15) is 10.1 Å². The van der Waals surface area contributed by atoms with E-state index in [4.69, 9.17) is 10.6 Å². The number of halogens is 2. The van der Waals surface area contributed by atoms with E-state index in [1.165, 1.54) is 30.8 Å². The van der Waals surface area contributed by atoms with Gasteiger partial charge in [-0.3, -0.25) is 4.99 Å². The number of ether oxygens (including phenoxy) is 1. The summed E-state index contributed by atoms with van der Waals surface area (Å²) in [5.74, 6) is 6.20. The van der Waals surface area contributed by atoms with Crippen LogP contribution in [-0.2, 0) is 0 Å². The summed E-state index contributed by atoms with van der Waals surface area (Å²) in [5.41, 5.74) is 0.608. The number of benzene rings is 1. The summed E-state index contributed by atoms with van der Waals surface area (Å²) >= 11 is 0. The van der Waals surface area contributed by atoms with Crippen LogP contribution in [0.2, 0.25) is 0 Å². The Morgan fingerprint density at radius 2 is 2.07 bits per heavy atom. The Morgan fingerprint density at radius 3 is 2.82 bits per heavy atom. The second-order valence-corrected chi connectivity index (χ2v) is 6.31. The van der Waals surface area contributed by atoms with Crippen molar-refractivity contribution in [3.8, 4) is 6.01 Å². The van der Waals surface area contributed by atoms with Crippen LogP contribution in [0.1, 0.15) is 31.3 Å². The van der Waals surface area contributed by atoms with Gasteiger partial charge in [-0.25, -0.2) is 13.8 Å². The van der Waals surface area contributed by atoms with Gasteiger partial charge in [0.25, 0.3) is 6.43 Å². The highest BCUT2D eigenvalue weighted by molar-refractivity contribution is 6.31. The number of hydrazone groups is 1. The normalized spacial score (nSPS) is 15.4. The molecule has 7 nitrogen and oxygen atoms in total. The van der Waals surface area contributed by atoms with Crippen LogP contribution in [0.4, 0.5) is 20.3 Å². The standard InChI is InChI=1S/C19H22F2N6O/c20-18(21)14-5-4-6-15(11-14)24-12-16(26-22)13-28-19-23-8-7-17(25-19)27-9-2-1-3-10-27/h4-8,11-12,18H,1-3,9-10,13,22H2. The van der Waals surface area contributed by atoms with E-state index in [0.717, 1.165) is 31.7 Å². The maximum absolute atomic E-state index is 12.8. The van der Waals surface area contributed by atoms with Crippen molar-refractivity contribution in [3.63, 3.8) is 0 Å². The first kappa shape index (κ1) is 19.7. The third kappa shape index (κ3) is 5.45. The molecule has 1 fully saturated rings. The van der Waals surface area contributed by atoms with E-state index >= 15 is 0 Å². The van der Waals surface area contributed by atoms with E-state index in [2.05, 4.69) is 25.0 Å². The number of aromatic nitrogens is 2. The van der Waals surface area contributed by atoms with E-state index < -0.39 is 6.43 Å². The van der Waals surface area contributed by atoms with Crippen molar-refractivity contribution in [1.29, 1.82) is 0 Å². The van der Waals surface area contributed by atoms with Crippen LogP contribution in [0.25, 0.3) is 0 Å². The van der Waals surface area contributed by atoms with Gasteiger partial charge in [0.05, 0.1) is 11.9 Å². The predicted molar refractivity (Wildman–Crippen MR) is 105 cm³/mol. The molecule has 9 heteroatoms. The summed E-state index contributed by atoms with van der Waals surface area (Å²) in [6.45, 7) is 1.95. The molecule has 0 aliphatic carbocycles. The molecule has 0 radical (unpaired) electrons. The summed E-state index contributed by atoms with van der Waals surface area (Å²) in [7, 11) is 0. The van der Waals surface area contributed by atoms with Gasteiger partial charge in [-0.15, -0.1) is 0 Å². The van der Waals surface area contributed by atoms with Crippen LogP contribution >= 0.6 is 0 Å². The number of alkyl halides is 2. The first-order valence-electron chi connectivity index (χ1n) is 9.05. The van der Waals surface area contributed by atoms with E-state index in [0.29, 0.717) is 11.4 Å². The Labute approximate surface area is 162 Å². The lowest BCUT2D eigenvalue weighted by Crippen LogP contribution is -2.30. The zero-order valence-corrected chi connectivity index (χ0v) is 15.3. The summed E-state index contributed by atoms with van der Waals surface area (Å²) in [5, 5.41) is 3.62. The van der Waals surface area contributed by atoms with Crippen LogP contribution in [0, 0.1) is 0 Å². The number of nitrogens with two attached hydrogens (primary N) is 1. The van der Waals surface area contributed by atoms with Gasteiger partial charge in [0, 0.05) is 24.8 Å². The lowest BCUT2D eigenvalue weighted by atomic mass is 10.1. The molecule has 0 amide bonds. The van der Waals surface area contributed by atoms with Gasteiger partial charge in [0.1, 0.15) is 18.1 Å². The minimum absolute atomic E-state index is 0.0119. The number of hydrogen-bond donors (Lipinski definition) is 1. The molecule has 2 aromatic rings. The predicted octanol–water partition coefficient (Wildman–Crippen LogP) is 3.50. The lowest BCUT2D eigenvalue weighted by Gasteiger charge is -2.27. The SMILES string of the molecule is NN=C(C=Nc1cccc(C(F)F)c1)COc1nccc(N2CCCCC2)n1. The Balaban J connectivity index is 1.60. The van der Waals surface area contributed by atoms with E-state index in [1.807, 2.05) is 6.07 Å². The van der Waals surface area contributed by atoms with Gasteiger partial charge in [0.15, 0.2) is 0 Å². The molecule has 1 aromatic heterocycles. The molecule has 148 valence electrons. The molecule has 1 aliphatic heterocycles. The van der Waals surface area contributed by atoms with Crippen molar-refractivity contribution in [2.24, 2.45) is 15.9 Å². The highest BCUT2D eigenvalue weighted by Gasteiger charge is 2.13. The molecule has 0 atom stereocenters. The Hall–Kier alpha value is -3.10. The number of rotatable bonds is 7. The smallest absolute Gasteiger partial charge is 0.318 e. The Kier molecular flexibility index (Phi) is 6.83. The summed E-state index contributed by atoms with van der Waals surface area (Å²) in [4.78, 5) is 14.9. The second kappa shape index (κ2) is 9.72. The third-order valence-corrected chi connectivity index (χ3v) is 4.30. The fourth-order valence-corrected chi connectivity index (χ4v) is 2.84. The molecular formula is C19H22F2N6O. The minimum atomic E-state index is -2.55. The average Bonchev–Trinajstić information content (AvgIpc) is 2.75. The minimum Gasteiger partial charge on any atom is -0.457 e. The molecule has 1 aliphatic rings. The highest BCUT2D eigenvalue weighted by Crippen LogP contribution is 2.23. The Bertz CT molecular complexity index is 837. The molecule has 0 saturated carbocycles. The molecule has 0 spiro atoms. The van der Waals surface area contributed by atoms with Gasteiger partial charge in [-0.05, 0) is 37.5 Å². The van der Waals surface area contributed by atoms with E-state index in [1.54, 1.807) is 12.3 Å². The zero-order chi connectivity index (χ0) is 19.8. The van der Waals surface area contributed by atoms with Gasteiger partial charge in [0.2, 0.25) is 0 Å². The summed E-state index contributed by atoms with van der Waals surface area (Å²) < 4.78 is 31.1. The molecule has 1 saturated heterocycles. The van der Waals surface area contributed by atoms with Crippen LogP contribution in [0.5, 0.6) is 6.01 Å².